The molecule has 0 atom stereocenters. The van der Waals surface area contributed by atoms with E-state index in [1.54, 1.807) is 17.0 Å². The van der Waals surface area contributed by atoms with E-state index in [0.29, 0.717) is 5.75 Å². The van der Waals surface area contributed by atoms with Gasteiger partial charge in [-0.2, -0.15) is 0 Å². The van der Waals surface area contributed by atoms with Crippen molar-refractivity contribution >= 4 is 5.91 Å². The van der Waals surface area contributed by atoms with Gasteiger partial charge in [-0.15, -0.1) is 0 Å². The van der Waals surface area contributed by atoms with Gasteiger partial charge in [0.15, 0.2) is 0 Å². The molecular formula is C13H22N2O2. The number of nitrogens with two attached hydrogens (primary N) is 1. The largest absolute Gasteiger partial charge is 0.508 e. The van der Waals surface area contributed by atoms with Gasteiger partial charge in [0, 0.05) is 13.1 Å². The Hall–Kier alpha value is -1.55. The summed E-state index contributed by atoms with van der Waals surface area (Å²) >= 11 is 0. The van der Waals surface area contributed by atoms with Gasteiger partial charge in [0.05, 0.1) is 6.54 Å². The number of nitrogens with zero attached hydrogens (tertiary/aromatic N) is 1. The second kappa shape index (κ2) is 8.58. The predicted octanol–water partition coefficient (Wildman–Crippen LogP) is 1.51. The molecule has 0 aliphatic carbocycles. The van der Waals surface area contributed by atoms with Crippen LogP contribution in [0.15, 0.2) is 24.3 Å². The molecule has 3 N–H and O–H groups in total. The fraction of sp³-hybridized carbons (Fsp3) is 0.462. The zero-order valence-corrected chi connectivity index (χ0v) is 10.8. The van der Waals surface area contributed by atoms with E-state index in [1.807, 2.05) is 32.9 Å². The van der Waals surface area contributed by atoms with E-state index < -0.39 is 0 Å². The van der Waals surface area contributed by atoms with E-state index in [2.05, 4.69) is 0 Å². The number of aryl methyl sites for hydroxylation is 1. The van der Waals surface area contributed by atoms with Crippen LogP contribution < -0.4 is 5.73 Å². The number of carbonyl (C=O) groups is 1. The topological polar surface area (TPSA) is 66.6 Å². The number of carbonyl (C=O) groups excluding carboxylic acids is 1. The van der Waals surface area contributed by atoms with Crippen molar-refractivity contribution in [1.29, 1.82) is 0 Å². The number of phenols is 1. The fourth-order valence-corrected chi connectivity index (χ4v) is 1.25. The average Bonchev–Trinajstić information content (AvgIpc) is 2.35. The average molecular weight is 238 g/mol. The van der Waals surface area contributed by atoms with E-state index >= 15 is 0 Å². The van der Waals surface area contributed by atoms with Crippen LogP contribution in [-0.4, -0.2) is 35.5 Å². The third kappa shape index (κ3) is 6.58. The molecule has 0 spiro atoms. The Morgan fingerprint density at radius 2 is 1.71 bits per heavy atom. The Morgan fingerprint density at radius 1 is 1.24 bits per heavy atom. The molecule has 4 nitrogen and oxygen atoms in total. The highest BCUT2D eigenvalue weighted by Crippen LogP contribution is 2.07. The van der Waals surface area contributed by atoms with Crippen molar-refractivity contribution in [3.05, 3.63) is 29.8 Å². The van der Waals surface area contributed by atoms with Crippen molar-refractivity contribution in [2.24, 2.45) is 5.73 Å². The summed E-state index contributed by atoms with van der Waals surface area (Å²) in [6, 6.07) is 7.09. The first-order valence-electron chi connectivity index (χ1n) is 5.78. The molecular weight excluding hydrogens is 216 g/mol. The van der Waals surface area contributed by atoms with Crippen molar-refractivity contribution in [1.82, 2.24) is 4.90 Å². The van der Waals surface area contributed by atoms with Gasteiger partial charge in [-0.3, -0.25) is 4.79 Å². The molecule has 0 heterocycles. The Kier molecular flexibility index (Phi) is 7.80. The smallest absolute Gasteiger partial charge is 0.236 e. The minimum atomic E-state index is 0.0278. The van der Waals surface area contributed by atoms with Gasteiger partial charge in [0.2, 0.25) is 5.91 Å². The van der Waals surface area contributed by atoms with Crippen LogP contribution in [0.3, 0.4) is 0 Å². The minimum absolute atomic E-state index is 0.0278. The lowest BCUT2D eigenvalue weighted by atomic mass is 10.2. The van der Waals surface area contributed by atoms with E-state index in [0.717, 1.165) is 13.1 Å². The van der Waals surface area contributed by atoms with Crippen LogP contribution in [-0.2, 0) is 4.79 Å². The van der Waals surface area contributed by atoms with Crippen LogP contribution >= 0.6 is 0 Å². The second-order valence-corrected chi connectivity index (χ2v) is 3.61. The normalized spacial score (nSPS) is 9.18. The van der Waals surface area contributed by atoms with Gasteiger partial charge < -0.3 is 15.7 Å². The number of rotatable bonds is 3. The maximum atomic E-state index is 10.8. The van der Waals surface area contributed by atoms with Crippen molar-refractivity contribution in [2.45, 2.75) is 20.8 Å². The number of aromatic hydroxyl groups is 1. The van der Waals surface area contributed by atoms with Crippen LogP contribution in [0, 0.1) is 6.92 Å². The molecule has 0 fully saturated rings. The lowest BCUT2D eigenvalue weighted by Gasteiger charge is -2.16. The van der Waals surface area contributed by atoms with Crippen molar-refractivity contribution in [3.63, 3.8) is 0 Å². The molecule has 4 heteroatoms. The fourth-order valence-electron chi connectivity index (χ4n) is 1.25. The molecule has 1 aromatic carbocycles. The Balaban J connectivity index is 0.000000302. The number of phenolic OH excluding ortho intramolecular Hbond substituents is 1. The number of likely N-dealkylation sites (N-methyl/N-ethyl adjacent to an activating group) is 1. The van der Waals surface area contributed by atoms with Gasteiger partial charge in [-0.25, -0.2) is 0 Å². The number of benzene rings is 1. The quantitative estimate of drug-likeness (QED) is 0.839. The van der Waals surface area contributed by atoms with Gasteiger partial charge in [-0.05, 0) is 32.9 Å². The highest BCUT2D eigenvalue weighted by Gasteiger charge is 2.04. The third-order valence-electron chi connectivity index (χ3n) is 2.32. The molecule has 96 valence electrons. The Bertz CT molecular complexity index is 298. The first-order valence-corrected chi connectivity index (χ1v) is 5.78. The van der Waals surface area contributed by atoms with E-state index in [-0.39, 0.29) is 12.5 Å². The predicted molar refractivity (Wildman–Crippen MR) is 69.8 cm³/mol. The zero-order chi connectivity index (χ0) is 13.3. The van der Waals surface area contributed by atoms with Crippen LogP contribution in [0.4, 0.5) is 0 Å². The molecule has 0 bridgehead atoms. The molecule has 0 saturated carbocycles. The standard InChI is InChI=1S/C7H8O.C6H14N2O/c1-6-2-4-7(8)5-3-6;1-3-8(4-2)6(9)5-7/h2-5,8H,1H3;3-5,7H2,1-2H3. The molecule has 1 amide bonds. The van der Waals surface area contributed by atoms with E-state index in [1.165, 1.54) is 5.56 Å². The first-order chi connectivity index (χ1) is 8.04. The lowest BCUT2D eigenvalue weighted by molar-refractivity contribution is -0.129. The van der Waals surface area contributed by atoms with Crippen molar-refractivity contribution in [3.8, 4) is 5.75 Å². The monoisotopic (exact) mass is 238 g/mol. The molecule has 17 heavy (non-hydrogen) atoms. The Morgan fingerprint density at radius 3 is 1.94 bits per heavy atom. The summed E-state index contributed by atoms with van der Waals surface area (Å²) in [5, 5.41) is 8.76. The molecule has 0 aliphatic heterocycles. The summed E-state index contributed by atoms with van der Waals surface area (Å²) in [7, 11) is 0. The summed E-state index contributed by atoms with van der Waals surface area (Å²) in [6.45, 7) is 7.51. The lowest BCUT2D eigenvalue weighted by Crippen LogP contribution is -2.35. The zero-order valence-electron chi connectivity index (χ0n) is 10.8. The molecule has 0 saturated heterocycles. The van der Waals surface area contributed by atoms with Gasteiger partial charge >= 0.3 is 0 Å². The molecule has 0 radical (unpaired) electrons. The third-order valence-corrected chi connectivity index (χ3v) is 2.32. The molecule has 1 rings (SSSR count). The second-order valence-electron chi connectivity index (χ2n) is 3.61. The summed E-state index contributed by atoms with van der Waals surface area (Å²) in [4.78, 5) is 12.5. The summed E-state index contributed by atoms with van der Waals surface area (Å²) in [5.74, 6) is 0.357. The SMILES string of the molecule is CCN(CC)C(=O)CN.Cc1ccc(O)cc1. The molecule has 1 aromatic rings. The van der Waals surface area contributed by atoms with Crippen molar-refractivity contribution < 1.29 is 9.90 Å². The first kappa shape index (κ1) is 15.4. The molecule has 0 aromatic heterocycles. The highest BCUT2D eigenvalue weighted by atomic mass is 16.3. The Labute approximate surface area is 103 Å². The molecule has 0 unspecified atom stereocenters. The maximum absolute atomic E-state index is 10.8. The van der Waals surface area contributed by atoms with Crippen molar-refractivity contribution in [2.75, 3.05) is 19.6 Å². The summed E-state index contributed by atoms with van der Waals surface area (Å²) in [5.41, 5.74) is 6.30. The summed E-state index contributed by atoms with van der Waals surface area (Å²) in [6.07, 6.45) is 0. The number of amides is 1. The van der Waals surface area contributed by atoms with Crippen LogP contribution in [0.2, 0.25) is 0 Å². The minimum Gasteiger partial charge on any atom is -0.508 e. The number of hydrogen-bond acceptors (Lipinski definition) is 3. The van der Waals surface area contributed by atoms with Crippen LogP contribution in [0.5, 0.6) is 5.75 Å². The summed E-state index contributed by atoms with van der Waals surface area (Å²) < 4.78 is 0. The highest BCUT2D eigenvalue weighted by molar-refractivity contribution is 5.77. The van der Waals surface area contributed by atoms with Gasteiger partial charge in [-0.1, -0.05) is 17.7 Å². The van der Waals surface area contributed by atoms with E-state index in [4.69, 9.17) is 10.8 Å². The van der Waals surface area contributed by atoms with Crippen LogP contribution in [0.25, 0.3) is 0 Å². The van der Waals surface area contributed by atoms with Gasteiger partial charge in [0.1, 0.15) is 5.75 Å². The van der Waals surface area contributed by atoms with Crippen LogP contribution in [0.1, 0.15) is 19.4 Å². The maximum Gasteiger partial charge on any atom is 0.236 e. The molecule has 0 aliphatic rings. The van der Waals surface area contributed by atoms with Gasteiger partial charge in [0.25, 0.3) is 0 Å². The number of hydrogen-bond donors (Lipinski definition) is 2. The van der Waals surface area contributed by atoms with E-state index in [9.17, 15) is 4.79 Å².